The Morgan fingerprint density at radius 3 is 2.61 bits per heavy atom. The van der Waals surface area contributed by atoms with E-state index in [4.69, 9.17) is 9.97 Å². The predicted molar refractivity (Wildman–Crippen MR) is 118 cm³/mol. The topological polar surface area (TPSA) is 87.7 Å². The molecule has 31 heavy (non-hydrogen) atoms. The quantitative estimate of drug-likeness (QED) is 0.556. The number of aryl methyl sites for hydroxylation is 1. The molecule has 5 rings (SSSR count). The van der Waals surface area contributed by atoms with E-state index in [0.717, 1.165) is 52.4 Å². The molecular weight excluding hydrogens is 388 g/mol. The molecule has 4 heterocycles. The number of hydrogen-bond donors (Lipinski definition) is 1. The molecule has 0 amide bonds. The highest BCUT2D eigenvalue weighted by atomic mass is 16.1. The van der Waals surface area contributed by atoms with Crippen molar-refractivity contribution in [1.29, 1.82) is 0 Å². The van der Waals surface area contributed by atoms with Crippen molar-refractivity contribution in [2.45, 2.75) is 26.4 Å². The second-order valence-electron chi connectivity index (χ2n) is 7.71. The second-order valence-corrected chi connectivity index (χ2v) is 7.71. The minimum absolute atomic E-state index is 0.0751. The van der Waals surface area contributed by atoms with E-state index in [2.05, 4.69) is 19.9 Å². The number of benzene rings is 1. The molecule has 0 unspecified atom stereocenters. The maximum atomic E-state index is 12.8. The third-order valence-corrected chi connectivity index (χ3v) is 5.61. The number of aromatic amines is 1. The third kappa shape index (κ3) is 4.00. The Labute approximate surface area is 179 Å². The molecule has 0 radical (unpaired) electrons. The van der Waals surface area contributed by atoms with Gasteiger partial charge in [-0.3, -0.25) is 14.7 Å². The second kappa shape index (κ2) is 8.20. The van der Waals surface area contributed by atoms with Crippen LogP contribution in [0.5, 0.6) is 0 Å². The number of rotatable bonds is 4. The number of fused-ring (bicyclic) bond motifs is 1. The SMILES string of the molecule is Cc1nc(-c2ccccc2)ncc1CN1CCc2nc(-c3ccncc3)[nH]c(=O)c2C1. The monoisotopic (exact) mass is 410 g/mol. The summed E-state index contributed by atoms with van der Waals surface area (Å²) in [4.78, 5) is 35.9. The van der Waals surface area contributed by atoms with Crippen LogP contribution in [0.15, 0.2) is 65.8 Å². The van der Waals surface area contributed by atoms with Gasteiger partial charge in [0.15, 0.2) is 5.82 Å². The molecule has 0 spiro atoms. The van der Waals surface area contributed by atoms with Crippen molar-refractivity contribution in [3.63, 3.8) is 0 Å². The Kier molecular flexibility index (Phi) is 5.09. The molecular formula is C24H22N6O. The normalized spacial score (nSPS) is 13.7. The smallest absolute Gasteiger partial charge is 0.255 e. The van der Waals surface area contributed by atoms with Crippen LogP contribution in [0.4, 0.5) is 0 Å². The lowest BCUT2D eigenvalue weighted by Gasteiger charge is -2.28. The lowest BCUT2D eigenvalue weighted by Crippen LogP contribution is -2.35. The molecule has 1 aliphatic heterocycles. The standard InChI is InChI=1S/C24H22N6O/c1-16-19(13-26-22(27-16)17-5-3-2-4-6-17)14-30-12-9-21-20(15-30)24(31)29-23(28-21)18-7-10-25-11-8-18/h2-8,10-11,13H,9,12,14-15H2,1H3,(H,28,29,31). The summed E-state index contributed by atoms with van der Waals surface area (Å²) in [6.45, 7) is 4.11. The molecule has 3 aromatic heterocycles. The van der Waals surface area contributed by atoms with Crippen LogP contribution >= 0.6 is 0 Å². The van der Waals surface area contributed by atoms with Gasteiger partial charge >= 0.3 is 0 Å². The van der Waals surface area contributed by atoms with Crippen LogP contribution in [0.3, 0.4) is 0 Å². The molecule has 1 aromatic carbocycles. The fraction of sp³-hybridized carbons (Fsp3) is 0.208. The van der Waals surface area contributed by atoms with E-state index >= 15 is 0 Å². The summed E-state index contributed by atoms with van der Waals surface area (Å²) >= 11 is 0. The molecule has 0 saturated heterocycles. The van der Waals surface area contributed by atoms with Crippen LogP contribution in [0, 0.1) is 6.92 Å². The lowest BCUT2D eigenvalue weighted by molar-refractivity contribution is 0.241. The molecule has 0 aliphatic carbocycles. The first-order valence-corrected chi connectivity index (χ1v) is 10.3. The highest BCUT2D eigenvalue weighted by Gasteiger charge is 2.22. The van der Waals surface area contributed by atoms with Crippen molar-refractivity contribution < 1.29 is 0 Å². The van der Waals surface area contributed by atoms with E-state index in [1.807, 2.05) is 55.6 Å². The van der Waals surface area contributed by atoms with Crippen LogP contribution in [0.1, 0.15) is 22.5 Å². The Hall–Kier alpha value is -3.71. The van der Waals surface area contributed by atoms with E-state index in [-0.39, 0.29) is 5.56 Å². The van der Waals surface area contributed by atoms with Crippen LogP contribution in [-0.2, 0) is 19.5 Å². The summed E-state index contributed by atoms with van der Waals surface area (Å²) in [5, 5.41) is 0. The van der Waals surface area contributed by atoms with E-state index < -0.39 is 0 Å². The third-order valence-electron chi connectivity index (χ3n) is 5.61. The first kappa shape index (κ1) is 19.3. The van der Waals surface area contributed by atoms with Gasteiger partial charge in [0.25, 0.3) is 5.56 Å². The van der Waals surface area contributed by atoms with E-state index in [1.54, 1.807) is 12.4 Å². The maximum Gasteiger partial charge on any atom is 0.255 e. The van der Waals surface area contributed by atoms with Crippen LogP contribution in [0.2, 0.25) is 0 Å². The van der Waals surface area contributed by atoms with Crippen molar-refractivity contribution in [2.75, 3.05) is 6.54 Å². The first-order chi connectivity index (χ1) is 15.2. The molecule has 1 aliphatic rings. The summed E-state index contributed by atoms with van der Waals surface area (Å²) in [6, 6.07) is 13.7. The van der Waals surface area contributed by atoms with Gasteiger partial charge in [-0.25, -0.2) is 15.0 Å². The Bertz CT molecular complexity index is 1270. The van der Waals surface area contributed by atoms with E-state index in [9.17, 15) is 4.79 Å². The molecule has 0 atom stereocenters. The summed E-state index contributed by atoms with van der Waals surface area (Å²) in [6.07, 6.45) is 6.03. The molecule has 1 N–H and O–H groups in total. The number of nitrogens with one attached hydrogen (secondary N) is 1. The van der Waals surface area contributed by atoms with Gasteiger partial charge in [0.2, 0.25) is 0 Å². The van der Waals surface area contributed by atoms with Crippen LogP contribution < -0.4 is 5.56 Å². The van der Waals surface area contributed by atoms with Gasteiger partial charge < -0.3 is 4.98 Å². The van der Waals surface area contributed by atoms with Gasteiger partial charge in [-0.1, -0.05) is 30.3 Å². The molecule has 4 aromatic rings. The Morgan fingerprint density at radius 1 is 1.03 bits per heavy atom. The zero-order valence-corrected chi connectivity index (χ0v) is 17.2. The summed E-state index contributed by atoms with van der Waals surface area (Å²) in [5.41, 5.74) is 5.44. The first-order valence-electron chi connectivity index (χ1n) is 10.3. The number of hydrogen-bond acceptors (Lipinski definition) is 6. The largest absolute Gasteiger partial charge is 0.306 e. The van der Waals surface area contributed by atoms with Gasteiger partial charge in [-0.15, -0.1) is 0 Å². The Morgan fingerprint density at radius 2 is 1.84 bits per heavy atom. The van der Waals surface area contributed by atoms with E-state index in [1.165, 1.54) is 0 Å². The fourth-order valence-electron chi connectivity index (χ4n) is 3.88. The molecule has 7 heteroatoms. The highest BCUT2D eigenvalue weighted by molar-refractivity contribution is 5.55. The van der Waals surface area contributed by atoms with Crippen molar-refractivity contribution >= 4 is 0 Å². The van der Waals surface area contributed by atoms with Gasteiger partial charge in [-0.2, -0.15) is 0 Å². The number of pyridine rings is 1. The molecule has 0 saturated carbocycles. The van der Waals surface area contributed by atoms with Crippen LogP contribution in [0.25, 0.3) is 22.8 Å². The van der Waals surface area contributed by atoms with Gasteiger partial charge in [0.1, 0.15) is 5.82 Å². The van der Waals surface area contributed by atoms with Crippen molar-refractivity contribution in [2.24, 2.45) is 0 Å². The van der Waals surface area contributed by atoms with Crippen LogP contribution in [-0.4, -0.2) is 36.4 Å². The van der Waals surface area contributed by atoms with Crippen molar-refractivity contribution in [3.05, 3.63) is 93.9 Å². The summed E-state index contributed by atoms with van der Waals surface area (Å²) in [5.74, 6) is 1.33. The average Bonchev–Trinajstić information content (AvgIpc) is 2.82. The highest BCUT2D eigenvalue weighted by Crippen LogP contribution is 2.21. The predicted octanol–water partition coefficient (Wildman–Crippen LogP) is 3.16. The average molecular weight is 410 g/mol. The van der Waals surface area contributed by atoms with Crippen molar-refractivity contribution in [1.82, 2.24) is 29.8 Å². The minimum Gasteiger partial charge on any atom is -0.306 e. The van der Waals surface area contributed by atoms with E-state index in [0.29, 0.717) is 18.9 Å². The van der Waals surface area contributed by atoms with Gasteiger partial charge in [0, 0.05) is 67.0 Å². The van der Waals surface area contributed by atoms with Gasteiger partial charge in [-0.05, 0) is 19.1 Å². The number of H-pyrrole nitrogens is 1. The van der Waals surface area contributed by atoms with Gasteiger partial charge in [0.05, 0.1) is 11.3 Å². The molecule has 154 valence electrons. The number of nitrogens with zero attached hydrogens (tertiary/aromatic N) is 5. The zero-order valence-electron chi connectivity index (χ0n) is 17.2. The lowest BCUT2D eigenvalue weighted by atomic mass is 10.1. The molecule has 0 fully saturated rings. The number of aromatic nitrogens is 5. The molecule has 0 bridgehead atoms. The van der Waals surface area contributed by atoms with Crippen molar-refractivity contribution in [3.8, 4) is 22.8 Å². The zero-order chi connectivity index (χ0) is 21.2. The Balaban J connectivity index is 1.35. The molecule has 7 nitrogen and oxygen atoms in total. The summed E-state index contributed by atoms with van der Waals surface area (Å²) < 4.78 is 0. The minimum atomic E-state index is -0.0751. The fourth-order valence-corrected chi connectivity index (χ4v) is 3.88. The summed E-state index contributed by atoms with van der Waals surface area (Å²) in [7, 11) is 0. The maximum absolute atomic E-state index is 12.8.